The number of fused-ring (bicyclic) bond motifs is 9. The fourth-order valence-electron chi connectivity index (χ4n) is 11.3. The van der Waals surface area contributed by atoms with Crippen LogP contribution in [0.4, 0.5) is 22.7 Å². The summed E-state index contributed by atoms with van der Waals surface area (Å²) in [5.74, 6) is 0.378. The molecule has 9 nitrogen and oxygen atoms in total. The van der Waals surface area contributed by atoms with Gasteiger partial charge < -0.3 is 13.7 Å². The number of aromatic nitrogens is 5. The first kappa shape index (κ1) is 44.3. The minimum absolute atomic E-state index is 0.344. The molecule has 0 saturated carbocycles. The van der Waals surface area contributed by atoms with E-state index in [1.54, 1.807) is 12.1 Å². The van der Waals surface area contributed by atoms with Gasteiger partial charge in [0, 0.05) is 60.4 Å². The molecule has 0 radical (unpaired) electrons. The van der Waals surface area contributed by atoms with Crippen LogP contribution in [0.1, 0.15) is 0 Å². The lowest BCUT2D eigenvalue weighted by atomic mass is 9.99. The van der Waals surface area contributed by atoms with Crippen LogP contribution in [0.25, 0.3) is 147 Å². The monoisotopic (exact) mass is 979 g/mol. The number of benzene rings is 10. The van der Waals surface area contributed by atoms with Crippen LogP contribution in [0, 0.1) is 26.3 Å². The normalized spacial score (nSPS) is 11.3. The van der Waals surface area contributed by atoms with E-state index in [9.17, 15) is 0 Å². The van der Waals surface area contributed by atoms with E-state index in [2.05, 4.69) is 167 Å². The summed E-state index contributed by atoms with van der Waals surface area (Å²) in [6.07, 6.45) is 0. The van der Waals surface area contributed by atoms with E-state index in [-0.39, 0.29) is 0 Å². The zero-order valence-corrected chi connectivity index (χ0v) is 40.9. The van der Waals surface area contributed by atoms with Crippen molar-refractivity contribution in [1.29, 1.82) is 0 Å². The van der Waals surface area contributed by atoms with Crippen molar-refractivity contribution in [2.75, 3.05) is 0 Å². The molecule has 0 fully saturated rings. The molecule has 354 valence electrons. The van der Waals surface area contributed by atoms with Crippen molar-refractivity contribution in [3.63, 3.8) is 0 Å². The molecule has 14 rings (SSSR count). The number of hydrogen-bond donors (Lipinski definition) is 0. The fraction of sp³-hybridized carbons (Fsp3) is 0. The highest BCUT2D eigenvalue weighted by atomic mass is 15.0. The fourth-order valence-corrected chi connectivity index (χ4v) is 11.3. The Labute approximate surface area is 441 Å². The van der Waals surface area contributed by atoms with E-state index in [0.717, 1.165) is 71.9 Å². The minimum atomic E-state index is 0.344. The molecule has 0 aliphatic rings. The molecule has 0 spiro atoms. The summed E-state index contributed by atoms with van der Waals surface area (Å²) in [5, 5.41) is 6.67. The Morgan fingerprint density at radius 1 is 0.286 bits per heavy atom. The quantitative estimate of drug-likeness (QED) is 0.149. The Balaban J connectivity index is 0.938. The number of para-hydroxylation sites is 6. The highest BCUT2D eigenvalue weighted by Crippen LogP contribution is 2.46. The van der Waals surface area contributed by atoms with Gasteiger partial charge >= 0.3 is 0 Å². The zero-order chi connectivity index (χ0) is 51.7. The summed E-state index contributed by atoms with van der Waals surface area (Å²) in [4.78, 5) is 25.8. The van der Waals surface area contributed by atoms with Crippen molar-refractivity contribution < 1.29 is 0 Å². The van der Waals surface area contributed by atoms with Gasteiger partial charge in [-0.2, -0.15) is 0 Å². The van der Waals surface area contributed by atoms with Crippen LogP contribution in [0.5, 0.6) is 0 Å². The van der Waals surface area contributed by atoms with E-state index < -0.39 is 0 Å². The van der Waals surface area contributed by atoms with Gasteiger partial charge in [-0.25, -0.2) is 29.3 Å². The van der Waals surface area contributed by atoms with Crippen LogP contribution in [0.15, 0.2) is 224 Å². The number of nitrogens with zero attached hydrogens (tertiary/aromatic N) is 9. The van der Waals surface area contributed by atoms with Crippen molar-refractivity contribution in [3.05, 3.63) is 270 Å². The van der Waals surface area contributed by atoms with Crippen molar-refractivity contribution in [1.82, 2.24) is 23.7 Å². The summed E-state index contributed by atoms with van der Waals surface area (Å²) < 4.78 is 6.75. The van der Waals surface area contributed by atoms with E-state index in [1.165, 1.54) is 21.5 Å². The predicted molar refractivity (Wildman–Crippen MR) is 312 cm³/mol. The maximum Gasteiger partial charge on any atom is 0.200 e. The third-order valence-corrected chi connectivity index (χ3v) is 14.7. The third-order valence-electron chi connectivity index (χ3n) is 14.7. The van der Waals surface area contributed by atoms with Gasteiger partial charge in [0.05, 0.1) is 76.5 Å². The van der Waals surface area contributed by atoms with Gasteiger partial charge in [0.15, 0.2) is 11.4 Å². The SMILES string of the molecule is [C-]#[N+]c1ccccc1-c1cc(-c2ccc(-c3cc([N+]#[C-])c(-n4c5ccc(-n6c7ccccc7c7ccccc76)cc5c5cc(-n6c7ccccc7c7ccccc76)ccc54)c([N+]#[C-])c3)cc2)nc(-c2ccccc2[N+]#[C-])n1. The summed E-state index contributed by atoms with van der Waals surface area (Å²) in [7, 11) is 0. The lowest BCUT2D eigenvalue weighted by molar-refractivity contribution is 1.17. The van der Waals surface area contributed by atoms with E-state index >= 15 is 0 Å². The first-order valence-corrected chi connectivity index (χ1v) is 24.9. The van der Waals surface area contributed by atoms with Crippen LogP contribution in [-0.4, -0.2) is 23.7 Å². The average molecular weight is 980 g/mol. The molecule has 4 heterocycles. The Morgan fingerprint density at radius 3 is 1.16 bits per heavy atom. The molecule has 0 amide bonds. The smallest absolute Gasteiger partial charge is 0.200 e. The minimum Gasteiger partial charge on any atom is -0.329 e. The number of hydrogen-bond acceptors (Lipinski definition) is 2. The Bertz CT molecular complexity index is 4600. The van der Waals surface area contributed by atoms with Crippen molar-refractivity contribution in [3.8, 4) is 62.1 Å². The van der Waals surface area contributed by atoms with E-state index in [1.807, 2.05) is 78.9 Å². The molecule has 77 heavy (non-hydrogen) atoms. The highest BCUT2D eigenvalue weighted by molar-refractivity contribution is 6.15. The second-order valence-corrected chi connectivity index (χ2v) is 18.9. The summed E-state index contributed by atoms with van der Waals surface area (Å²) >= 11 is 0. The molecule has 0 unspecified atom stereocenters. The van der Waals surface area contributed by atoms with E-state index in [4.69, 9.17) is 36.3 Å². The van der Waals surface area contributed by atoms with Gasteiger partial charge in [0.25, 0.3) is 0 Å². The van der Waals surface area contributed by atoms with Crippen molar-refractivity contribution >= 4 is 88.2 Å². The van der Waals surface area contributed by atoms with E-state index in [0.29, 0.717) is 56.8 Å². The van der Waals surface area contributed by atoms with Gasteiger partial charge in [-0.05, 0) is 90.0 Å². The maximum absolute atomic E-state index is 8.74. The first-order chi connectivity index (χ1) is 38.0. The second kappa shape index (κ2) is 17.7. The highest BCUT2D eigenvalue weighted by Gasteiger charge is 2.23. The first-order valence-electron chi connectivity index (χ1n) is 24.9. The summed E-state index contributed by atoms with van der Waals surface area (Å²) in [6, 6.07) is 75.2. The van der Waals surface area contributed by atoms with Gasteiger partial charge in [-0.15, -0.1) is 0 Å². The Hall–Kier alpha value is -11.4. The molecular formula is C68H37N9. The van der Waals surface area contributed by atoms with Crippen LogP contribution in [0.3, 0.4) is 0 Å². The summed E-state index contributed by atoms with van der Waals surface area (Å²) in [5.41, 5.74) is 15.0. The topological polar surface area (TPSA) is 58.0 Å². The molecule has 9 heteroatoms. The summed E-state index contributed by atoms with van der Waals surface area (Å²) in [6.45, 7) is 33.2. The molecule has 14 aromatic rings. The molecule has 10 aromatic carbocycles. The molecule has 0 atom stereocenters. The Kier molecular flexibility index (Phi) is 10.2. The molecular weight excluding hydrogens is 943 g/mol. The molecule has 0 aliphatic carbocycles. The lowest BCUT2D eigenvalue weighted by Crippen LogP contribution is -1.97. The predicted octanol–water partition coefficient (Wildman–Crippen LogP) is 18.6. The molecule has 0 aliphatic heterocycles. The largest absolute Gasteiger partial charge is 0.329 e. The standard InChI is InChI=1S/C68H37N9/c1-69-55-23-11-5-21-51(55)58-41-57(73-68(74-58)52-22-6-12-24-56(52)70-2)43-31-29-42(30-32-43)44-37-59(71-3)67(60(38-44)72-4)77-65-35-33-45(75-61-25-13-7-17-47(61)48-18-8-14-26-62(48)75)39-53(65)54-40-46(34-36-66(54)77)76-63-27-15-9-19-49(63)50-20-10-16-28-64(50)76/h5-41H. The average Bonchev–Trinajstić information content (AvgIpc) is 4.29. The van der Waals surface area contributed by atoms with Gasteiger partial charge in [0.2, 0.25) is 11.4 Å². The van der Waals surface area contributed by atoms with Gasteiger partial charge in [-0.3, -0.25) is 0 Å². The van der Waals surface area contributed by atoms with Crippen LogP contribution >= 0.6 is 0 Å². The van der Waals surface area contributed by atoms with Gasteiger partial charge in [-0.1, -0.05) is 146 Å². The van der Waals surface area contributed by atoms with Gasteiger partial charge in [0.1, 0.15) is 5.82 Å². The van der Waals surface area contributed by atoms with Crippen LogP contribution in [-0.2, 0) is 0 Å². The lowest BCUT2D eigenvalue weighted by Gasteiger charge is -2.16. The molecule has 0 N–H and O–H groups in total. The molecule has 0 saturated heterocycles. The number of rotatable bonds is 7. The molecule has 4 aromatic heterocycles. The van der Waals surface area contributed by atoms with Crippen LogP contribution < -0.4 is 0 Å². The van der Waals surface area contributed by atoms with Crippen molar-refractivity contribution in [2.45, 2.75) is 0 Å². The van der Waals surface area contributed by atoms with Crippen molar-refractivity contribution in [2.24, 2.45) is 0 Å². The zero-order valence-electron chi connectivity index (χ0n) is 40.9. The maximum atomic E-state index is 8.74. The Morgan fingerprint density at radius 2 is 0.675 bits per heavy atom. The molecule has 0 bridgehead atoms. The third kappa shape index (κ3) is 6.98. The second-order valence-electron chi connectivity index (χ2n) is 18.9. The van der Waals surface area contributed by atoms with Crippen LogP contribution in [0.2, 0.25) is 0 Å².